The lowest BCUT2D eigenvalue weighted by Gasteiger charge is -2.38. The smallest absolute Gasteiger partial charge is 0.231 e. The third-order valence-electron chi connectivity index (χ3n) is 8.63. The van der Waals surface area contributed by atoms with Gasteiger partial charge in [0.2, 0.25) is 17.3 Å². The number of aromatic hydroxyl groups is 2. The molecule has 0 radical (unpaired) electrons. The van der Waals surface area contributed by atoms with Crippen molar-refractivity contribution in [3.63, 3.8) is 0 Å². The summed E-state index contributed by atoms with van der Waals surface area (Å²) in [6.07, 6.45) is -1.76. The zero-order valence-corrected chi connectivity index (χ0v) is 26.8. The van der Waals surface area contributed by atoms with Gasteiger partial charge in [-0.1, -0.05) is 36.7 Å². The molecule has 0 saturated carbocycles. The number of Topliss-reactive ketones (excluding diaryl/α,β-unsaturated/α-hetero) is 2. The Hall–Kier alpha value is -4.94. The number of aliphatic hydroxyl groups is 2. The van der Waals surface area contributed by atoms with Gasteiger partial charge in [0.25, 0.3) is 0 Å². The van der Waals surface area contributed by atoms with Crippen LogP contribution in [-0.2, 0) is 9.59 Å². The van der Waals surface area contributed by atoms with Crippen molar-refractivity contribution >= 4 is 29.1 Å². The molecule has 3 aromatic carbocycles. The number of nitrogens with one attached hydrogen (secondary N) is 1. The monoisotopic (exact) mass is 667 g/mol. The van der Waals surface area contributed by atoms with Crippen LogP contribution in [0.2, 0.25) is 5.02 Å². The van der Waals surface area contributed by atoms with Crippen molar-refractivity contribution < 1.29 is 53.8 Å². The highest BCUT2D eigenvalue weighted by atomic mass is 35.5. The van der Waals surface area contributed by atoms with Gasteiger partial charge >= 0.3 is 0 Å². The van der Waals surface area contributed by atoms with Crippen LogP contribution in [0, 0.1) is 5.92 Å². The molecule has 2 aliphatic rings. The third-order valence-corrected chi connectivity index (χ3v) is 8.98. The van der Waals surface area contributed by atoms with Crippen molar-refractivity contribution in [2.75, 3.05) is 27.9 Å². The normalized spacial score (nSPS) is 20.0. The number of allylic oxidation sites excluding steroid dienone is 1. The predicted molar refractivity (Wildman–Crippen MR) is 169 cm³/mol. The van der Waals surface area contributed by atoms with Gasteiger partial charge in [-0.25, -0.2) is 0 Å². The first-order valence-electron chi connectivity index (χ1n) is 14.6. The molecule has 0 aromatic heterocycles. The van der Waals surface area contributed by atoms with E-state index in [0.29, 0.717) is 11.1 Å². The maximum atomic E-state index is 14.3. The maximum Gasteiger partial charge on any atom is 0.231 e. The van der Waals surface area contributed by atoms with E-state index < -0.39 is 53.2 Å². The van der Waals surface area contributed by atoms with Crippen LogP contribution in [0.1, 0.15) is 53.3 Å². The molecule has 1 aliphatic heterocycles. The molecule has 0 saturated heterocycles. The summed E-state index contributed by atoms with van der Waals surface area (Å²) in [4.78, 5) is 41.5. The van der Waals surface area contributed by atoms with Gasteiger partial charge < -0.3 is 44.7 Å². The van der Waals surface area contributed by atoms with Gasteiger partial charge in [0, 0.05) is 42.9 Å². The van der Waals surface area contributed by atoms with Gasteiger partial charge in [0.05, 0.1) is 27.4 Å². The maximum absolute atomic E-state index is 14.3. The summed E-state index contributed by atoms with van der Waals surface area (Å²) in [5, 5.41) is 45.0. The number of phenols is 2. The summed E-state index contributed by atoms with van der Waals surface area (Å²) < 4.78 is 22.3. The van der Waals surface area contributed by atoms with Crippen molar-refractivity contribution in [1.82, 2.24) is 5.32 Å². The standard InChI is InChI=1S/C34H34ClNO11/c1-16-11-22(39)28(32(42)34(16)33(43)29-25(45-3)14-26(46-4)30(35)31(29)47-34)20(18-7-10-21(38)24(12-18)44-2)13-27(41)36-15-23(40)17-5-8-19(37)9-6-17/h5-10,12,14,16,20,23,37-38,40,42H,11,13,15H2,1-4H3,(H,36,41). The third kappa shape index (κ3) is 5.79. The molecular formula is C34H34ClNO11. The van der Waals surface area contributed by atoms with Crippen molar-refractivity contribution in [2.24, 2.45) is 5.92 Å². The van der Waals surface area contributed by atoms with Gasteiger partial charge in [0.1, 0.15) is 27.8 Å². The molecule has 1 aliphatic carbocycles. The van der Waals surface area contributed by atoms with Crippen LogP contribution in [0.3, 0.4) is 0 Å². The Balaban J connectivity index is 1.58. The summed E-state index contributed by atoms with van der Waals surface area (Å²) in [5.41, 5.74) is -1.60. The topological polar surface area (TPSA) is 181 Å². The van der Waals surface area contributed by atoms with Gasteiger partial charge in [-0.05, 0) is 35.4 Å². The Kier molecular flexibility index (Phi) is 9.28. The first kappa shape index (κ1) is 33.4. The van der Waals surface area contributed by atoms with Crippen LogP contribution in [-0.4, -0.2) is 71.4 Å². The first-order valence-corrected chi connectivity index (χ1v) is 15.0. The molecule has 3 aromatic rings. The average Bonchev–Trinajstić information content (AvgIpc) is 3.37. The van der Waals surface area contributed by atoms with E-state index in [2.05, 4.69) is 5.32 Å². The lowest BCUT2D eigenvalue weighted by atomic mass is 9.69. The highest BCUT2D eigenvalue weighted by Gasteiger charge is 2.61. The number of rotatable bonds is 10. The molecule has 4 atom stereocenters. The first-order chi connectivity index (χ1) is 22.4. The van der Waals surface area contributed by atoms with Crippen LogP contribution in [0.4, 0.5) is 0 Å². The Labute approximate surface area is 275 Å². The fourth-order valence-corrected chi connectivity index (χ4v) is 6.38. The Morgan fingerprint density at radius 3 is 2.26 bits per heavy atom. The number of hydrogen-bond acceptors (Lipinski definition) is 11. The Morgan fingerprint density at radius 1 is 0.979 bits per heavy atom. The number of aliphatic hydroxyl groups excluding tert-OH is 2. The van der Waals surface area contributed by atoms with E-state index in [1.165, 1.54) is 69.9 Å². The van der Waals surface area contributed by atoms with Crippen LogP contribution < -0.4 is 24.3 Å². The summed E-state index contributed by atoms with van der Waals surface area (Å²) >= 11 is 6.55. The van der Waals surface area contributed by atoms with E-state index in [-0.39, 0.29) is 63.6 Å². The van der Waals surface area contributed by atoms with Crippen LogP contribution >= 0.6 is 11.6 Å². The number of phenolic OH excluding ortho intramolecular Hbond substituents is 2. The molecule has 1 heterocycles. The minimum Gasteiger partial charge on any atom is -0.508 e. The van der Waals surface area contributed by atoms with Gasteiger partial charge in [-0.2, -0.15) is 0 Å². The zero-order valence-electron chi connectivity index (χ0n) is 26.0. The van der Waals surface area contributed by atoms with E-state index in [0.717, 1.165) is 0 Å². The highest BCUT2D eigenvalue weighted by molar-refractivity contribution is 6.35. The van der Waals surface area contributed by atoms with Gasteiger partial charge in [-0.15, -0.1) is 0 Å². The van der Waals surface area contributed by atoms with E-state index in [9.17, 15) is 34.8 Å². The molecule has 12 nitrogen and oxygen atoms in total. The molecule has 4 unspecified atom stereocenters. The average molecular weight is 668 g/mol. The molecule has 248 valence electrons. The molecule has 13 heteroatoms. The number of hydrogen-bond donors (Lipinski definition) is 5. The molecule has 5 N–H and O–H groups in total. The van der Waals surface area contributed by atoms with Crippen molar-refractivity contribution in [1.29, 1.82) is 0 Å². The van der Waals surface area contributed by atoms with Crippen molar-refractivity contribution in [2.45, 2.75) is 37.4 Å². The van der Waals surface area contributed by atoms with Crippen LogP contribution in [0.5, 0.6) is 34.5 Å². The number of amides is 1. The highest BCUT2D eigenvalue weighted by Crippen LogP contribution is 2.56. The minimum atomic E-state index is -2.08. The van der Waals surface area contributed by atoms with E-state index >= 15 is 0 Å². The zero-order chi connectivity index (χ0) is 34.2. The largest absolute Gasteiger partial charge is 0.508 e. The van der Waals surface area contributed by atoms with E-state index in [4.69, 9.17) is 30.5 Å². The lowest BCUT2D eigenvalue weighted by Crippen LogP contribution is -2.53. The number of ether oxygens (including phenoxy) is 4. The quantitative estimate of drug-likeness (QED) is 0.205. The Morgan fingerprint density at radius 2 is 1.62 bits per heavy atom. The summed E-state index contributed by atoms with van der Waals surface area (Å²) in [7, 11) is 4.06. The van der Waals surface area contributed by atoms with Crippen LogP contribution in [0.25, 0.3) is 0 Å². The fourth-order valence-electron chi connectivity index (χ4n) is 6.12. The molecule has 0 bridgehead atoms. The molecule has 0 fully saturated rings. The fraction of sp³-hybridized carbons (Fsp3) is 0.324. The number of halogens is 1. The summed E-state index contributed by atoms with van der Waals surface area (Å²) in [6.45, 7) is 1.38. The molecule has 1 amide bonds. The molecule has 47 heavy (non-hydrogen) atoms. The minimum absolute atomic E-state index is 0.0159. The molecule has 1 spiro atoms. The van der Waals surface area contributed by atoms with E-state index in [1.807, 2.05) is 0 Å². The SMILES string of the molecule is COc1cc(C(CC(=O)NCC(O)c2ccc(O)cc2)C2=C(O)C3(Oc4c(Cl)c(OC)cc(OC)c4C3=O)C(C)CC2=O)ccc1O. The summed E-state index contributed by atoms with van der Waals surface area (Å²) in [5.74, 6) is -4.49. The second kappa shape index (κ2) is 13.0. The van der Waals surface area contributed by atoms with Crippen LogP contribution in [0.15, 0.2) is 59.9 Å². The molecule has 5 rings (SSSR count). The van der Waals surface area contributed by atoms with Gasteiger partial charge in [0.15, 0.2) is 28.8 Å². The summed E-state index contributed by atoms with van der Waals surface area (Å²) in [6, 6.07) is 11.5. The second-order valence-electron chi connectivity index (χ2n) is 11.4. The number of ketones is 2. The van der Waals surface area contributed by atoms with E-state index in [1.54, 1.807) is 6.92 Å². The predicted octanol–water partition coefficient (Wildman–Crippen LogP) is 4.54. The second-order valence-corrected chi connectivity index (χ2v) is 11.7. The van der Waals surface area contributed by atoms with Crippen molar-refractivity contribution in [3.05, 3.63) is 81.6 Å². The Bertz CT molecular complexity index is 1770. The lowest BCUT2D eigenvalue weighted by molar-refractivity contribution is -0.122. The molecular weight excluding hydrogens is 634 g/mol. The number of fused-ring (bicyclic) bond motifs is 1. The van der Waals surface area contributed by atoms with Crippen molar-refractivity contribution in [3.8, 4) is 34.5 Å². The number of methoxy groups -OCH3 is 3. The number of carbonyl (C=O) groups excluding carboxylic acids is 3. The van der Waals surface area contributed by atoms with Gasteiger partial charge in [-0.3, -0.25) is 14.4 Å². The number of carbonyl (C=O) groups is 3. The number of benzene rings is 3.